The van der Waals surface area contributed by atoms with Crippen molar-refractivity contribution in [2.75, 3.05) is 25.8 Å². The summed E-state index contributed by atoms with van der Waals surface area (Å²) in [6.45, 7) is 5.93. The Hall–Kier alpha value is -0.550. The maximum Gasteiger partial charge on any atom is 0.296 e. The molecule has 0 aliphatic rings. The lowest BCUT2D eigenvalue weighted by Gasteiger charge is -2.20. The smallest absolute Gasteiger partial charge is 0.296 e. The SMILES string of the molecule is CCN(CC)C(=O)/C(Cl)=C(/C)OP(=O)(CO)CO. The molecule has 2 N–H and O–H groups in total. The van der Waals surface area contributed by atoms with Crippen LogP contribution in [0.4, 0.5) is 0 Å². The van der Waals surface area contributed by atoms with Crippen LogP contribution in [-0.4, -0.2) is 46.8 Å². The first kappa shape index (κ1) is 17.4. The minimum Gasteiger partial charge on any atom is -0.443 e. The number of nitrogens with zero attached hydrogens (tertiary/aromatic N) is 1. The summed E-state index contributed by atoms with van der Waals surface area (Å²) in [5.41, 5.74) is 0. The maximum atomic E-state index is 11.9. The molecule has 18 heavy (non-hydrogen) atoms. The molecule has 0 spiro atoms. The van der Waals surface area contributed by atoms with Crippen LogP contribution in [0.25, 0.3) is 0 Å². The van der Waals surface area contributed by atoms with Crippen molar-refractivity contribution in [3.8, 4) is 0 Å². The van der Waals surface area contributed by atoms with E-state index < -0.39 is 26.0 Å². The van der Waals surface area contributed by atoms with Crippen LogP contribution in [-0.2, 0) is 13.9 Å². The van der Waals surface area contributed by atoms with Crippen LogP contribution in [0.15, 0.2) is 10.8 Å². The molecule has 0 aromatic carbocycles. The fourth-order valence-corrected chi connectivity index (χ4v) is 2.20. The van der Waals surface area contributed by atoms with E-state index in [1.54, 1.807) is 13.8 Å². The summed E-state index contributed by atoms with van der Waals surface area (Å²) in [5, 5.41) is 17.5. The van der Waals surface area contributed by atoms with Crippen LogP contribution in [0, 0.1) is 0 Å². The number of amides is 1. The van der Waals surface area contributed by atoms with E-state index in [1.165, 1.54) is 11.8 Å². The lowest BCUT2D eigenvalue weighted by atomic mass is 10.4. The average Bonchev–Trinajstić information content (AvgIpc) is 2.38. The van der Waals surface area contributed by atoms with Crippen LogP contribution in [0.2, 0.25) is 0 Å². The Morgan fingerprint density at radius 2 is 1.72 bits per heavy atom. The van der Waals surface area contributed by atoms with Crippen LogP contribution in [0.3, 0.4) is 0 Å². The molecule has 106 valence electrons. The van der Waals surface area contributed by atoms with Gasteiger partial charge in [-0.25, -0.2) is 0 Å². The Morgan fingerprint density at radius 3 is 2.06 bits per heavy atom. The second-order valence-electron chi connectivity index (χ2n) is 3.54. The van der Waals surface area contributed by atoms with Crippen molar-refractivity contribution in [1.82, 2.24) is 4.90 Å². The topological polar surface area (TPSA) is 87.1 Å². The fourth-order valence-electron chi connectivity index (χ4n) is 1.19. The molecule has 0 saturated carbocycles. The molecule has 0 saturated heterocycles. The summed E-state index contributed by atoms with van der Waals surface area (Å²) < 4.78 is 16.6. The third-order valence-corrected chi connectivity index (χ3v) is 4.18. The van der Waals surface area contributed by atoms with Crippen molar-refractivity contribution in [1.29, 1.82) is 0 Å². The van der Waals surface area contributed by atoms with E-state index >= 15 is 0 Å². The number of aliphatic hydroxyl groups excluding tert-OH is 2. The number of hydrogen-bond acceptors (Lipinski definition) is 5. The molecule has 0 bridgehead atoms. The first-order valence-electron chi connectivity index (χ1n) is 5.50. The second kappa shape index (κ2) is 7.79. The second-order valence-corrected chi connectivity index (χ2v) is 6.29. The Kier molecular flexibility index (Phi) is 7.55. The zero-order valence-electron chi connectivity index (χ0n) is 10.7. The minimum atomic E-state index is -3.58. The van der Waals surface area contributed by atoms with Gasteiger partial charge in [-0.05, 0) is 20.8 Å². The van der Waals surface area contributed by atoms with Gasteiger partial charge in [0, 0.05) is 13.1 Å². The molecule has 0 atom stereocenters. The zero-order chi connectivity index (χ0) is 14.3. The summed E-state index contributed by atoms with van der Waals surface area (Å²) in [7, 11) is -3.58. The highest BCUT2D eigenvalue weighted by Gasteiger charge is 2.25. The first-order chi connectivity index (χ1) is 8.35. The van der Waals surface area contributed by atoms with Crippen molar-refractivity contribution >= 4 is 24.9 Å². The monoisotopic (exact) mass is 299 g/mol. The molecular formula is C10H19ClNO5P. The number of halogens is 1. The van der Waals surface area contributed by atoms with Gasteiger partial charge in [-0.15, -0.1) is 0 Å². The average molecular weight is 300 g/mol. The third kappa shape index (κ3) is 4.61. The number of carbonyl (C=O) groups is 1. The maximum absolute atomic E-state index is 11.9. The number of hydrogen-bond donors (Lipinski definition) is 2. The van der Waals surface area contributed by atoms with Gasteiger partial charge in [-0.1, -0.05) is 11.6 Å². The van der Waals surface area contributed by atoms with Gasteiger partial charge in [0.1, 0.15) is 23.5 Å². The molecule has 0 aromatic rings. The highest BCUT2D eigenvalue weighted by molar-refractivity contribution is 7.58. The summed E-state index contributed by atoms with van der Waals surface area (Å²) in [5.74, 6) is -0.512. The number of aliphatic hydroxyl groups is 2. The van der Waals surface area contributed by atoms with Crippen molar-refractivity contribution < 1.29 is 24.1 Å². The van der Waals surface area contributed by atoms with Crippen LogP contribution < -0.4 is 0 Å². The van der Waals surface area contributed by atoms with Crippen LogP contribution in [0.1, 0.15) is 20.8 Å². The van der Waals surface area contributed by atoms with E-state index in [4.69, 9.17) is 26.3 Å². The molecule has 0 unspecified atom stereocenters. The highest BCUT2D eigenvalue weighted by atomic mass is 35.5. The van der Waals surface area contributed by atoms with Gasteiger partial charge in [0.2, 0.25) is 0 Å². The molecule has 0 rings (SSSR count). The van der Waals surface area contributed by atoms with E-state index in [0.29, 0.717) is 13.1 Å². The van der Waals surface area contributed by atoms with Gasteiger partial charge >= 0.3 is 0 Å². The summed E-state index contributed by atoms with van der Waals surface area (Å²) in [6.07, 6.45) is -1.63. The van der Waals surface area contributed by atoms with Gasteiger partial charge in [0.15, 0.2) is 0 Å². The standard InChI is InChI=1S/C10H19ClNO5P/c1-4-12(5-2)10(15)9(11)8(3)17-18(16,6-13)7-14/h13-14H,4-7H2,1-3H3/b9-8+. The van der Waals surface area contributed by atoms with Crippen molar-refractivity contribution in [2.45, 2.75) is 20.8 Å². The number of allylic oxidation sites excluding steroid dienone is 1. The Morgan fingerprint density at radius 1 is 1.28 bits per heavy atom. The highest BCUT2D eigenvalue weighted by Crippen LogP contribution is 2.47. The van der Waals surface area contributed by atoms with Gasteiger partial charge in [0.25, 0.3) is 13.3 Å². The molecule has 0 fully saturated rings. The Bertz CT molecular complexity index is 359. The zero-order valence-corrected chi connectivity index (χ0v) is 12.4. The lowest BCUT2D eigenvalue weighted by Crippen LogP contribution is -2.31. The summed E-state index contributed by atoms with van der Waals surface area (Å²) in [6, 6.07) is 0. The van der Waals surface area contributed by atoms with Gasteiger partial charge in [-0.2, -0.15) is 0 Å². The van der Waals surface area contributed by atoms with Gasteiger partial charge in [-0.3, -0.25) is 9.36 Å². The normalized spacial score (nSPS) is 13.0. The van der Waals surface area contributed by atoms with E-state index in [2.05, 4.69) is 0 Å². The molecule has 0 heterocycles. The molecular weight excluding hydrogens is 281 g/mol. The fraction of sp³-hybridized carbons (Fsp3) is 0.700. The van der Waals surface area contributed by atoms with Gasteiger partial charge in [0.05, 0.1) is 0 Å². The largest absolute Gasteiger partial charge is 0.443 e. The van der Waals surface area contributed by atoms with Crippen LogP contribution >= 0.6 is 19.0 Å². The lowest BCUT2D eigenvalue weighted by molar-refractivity contribution is -0.126. The molecule has 0 aromatic heterocycles. The Balaban J connectivity index is 5.02. The van der Waals surface area contributed by atoms with E-state index in [-0.39, 0.29) is 10.8 Å². The molecule has 8 heteroatoms. The number of rotatable bonds is 7. The molecule has 0 aliphatic heterocycles. The molecule has 1 amide bonds. The number of carbonyl (C=O) groups excluding carboxylic acids is 1. The third-order valence-electron chi connectivity index (χ3n) is 2.28. The van der Waals surface area contributed by atoms with E-state index in [1.807, 2.05) is 0 Å². The number of likely N-dealkylation sites (N-methyl/N-ethyl adjacent to an activating group) is 1. The van der Waals surface area contributed by atoms with Crippen molar-refractivity contribution in [3.05, 3.63) is 10.8 Å². The van der Waals surface area contributed by atoms with Gasteiger partial charge < -0.3 is 19.6 Å². The predicted octanol–water partition coefficient (Wildman–Crippen LogP) is 1.52. The molecule has 6 nitrogen and oxygen atoms in total. The molecule has 0 radical (unpaired) electrons. The van der Waals surface area contributed by atoms with E-state index in [0.717, 1.165) is 0 Å². The quantitative estimate of drug-likeness (QED) is 0.423. The Labute approximate surface area is 112 Å². The van der Waals surface area contributed by atoms with Crippen molar-refractivity contribution in [2.24, 2.45) is 0 Å². The predicted molar refractivity (Wildman–Crippen MR) is 69.3 cm³/mol. The molecule has 0 aliphatic carbocycles. The first-order valence-corrected chi connectivity index (χ1v) is 7.87. The minimum absolute atomic E-state index is 0.0694. The summed E-state index contributed by atoms with van der Waals surface area (Å²) in [4.78, 5) is 13.3. The van der Waals surface area contributed by atoms with E-state index in [9.17, 15) is 9.36 Å². The summed E-state index contributed by atoms with van der Waals surface area (Å²) >= 11 is 5.83. The van der Waals surface area contributed by atoms with Crippen LogP contribution in [0.5, 0.6) is 0 Å². The van der Waals surface area contributed by atoms with Crippen molar-refractivity contribution in [3.63, 3.8) is 0 Å².